The Kier molecular flexibility index (Phi) is 7.37. The van der Waals surface area contributed by atoms with Crippen LogP contribution in [0.3, 0.4) is 0 Å². The molecule has 44 heavy (non-hydrogen) atoms. The highest BCUT2D eigenvalue weighted by atomic mass is 32.2. The molecule has 2 saturated heterocycles. The van der Waals surface area contributed by atoms with Crippen LogP contribution in [0, 0.1) is 11.8 Å². The highest BCUT2D eigenvalue weighted by molar-refractivity contribution is 8.02. The van der Waals surface area contributed by atoms with Crippen molar-refractivity contribution in [2.45, 2.75) is 41.7 Å². The topological polar surface area (TPSA) is 81.2 Å². The third-order valence-electron chi connectivity index (χ3n) is 9.73. The second kappa shape index (κ2) is 11.2. The Morgan fingerprint density at radius 2 is 1.45 bits per heavy atom. The van der Waals surface area contributed by atoms with Crippen LogP contribution >= 0.6 is 11.8 Å². The molecule has 0 radical (unpaired) electrons. The number of anilines is 2. The number of nitrogens with zero attached hydrogens (tertiary/aromatic N) is 3. The molecule has 5 atom stereocenters. The van der Waals surface area contributed by atoms with Crippen molar-refractivity contribution < 1.29 is 19.5 Å². The number of aliphatic hydroxyl groups excluding tert-OH is 1. The maximum absolute atomic E-state index is 14.8. The van der Waals surface area contributed by atoms with Crippen molar-refractivity contribution in [3.05, 3.63) is 97.1 Å². The van der Waals surface area contributed by atoms with Gasteiger partial charge in [0.15, 0.2) is 0 Å². The van der Waals surface area contributed by atoms with Gasteiger partial charge in [-0.1, -0.05) is 72.8 Å². The van der Waals surface area contributed by atoms with E-state index in [0.717, 1.165) is 28.6 Å². The summed E-state index contributed by atoms with van der Waals surface area (Å²) < 4.78 is -1.55. The molecule has 4 heterocycles. The van der Waals surface area contributed by atoms with Gasteiger partial charge in [-0.05, 0) is 61.2 Å². The lowest BCUT2D eigenvalue weighted by atomic mass is 9.74. The first kappa shape index (κ1) is 28.9. The van der Waals surface area contributed by atoms with Gasteiger partial charge in [0.1, 0.15) is 6.04 Å². The van der Waals surface area contributed by atoms with E-state index in [-0.39, 0.29) is 24.3 Å². The van der Waals surface area contributed by atoms with Crippen LogP contribution in [-0.4, -0.2) is 69.5 Å². The molecule has 0 bridgehead atoms. The zero-order valence-corrected chi connectivity index (χ0v) is 25.7. The lowest BCUT2D eigenvalue weighted by molar-refractivity contribution is -0.139. The molecule has 7 rings (SSSR count). The van der Waals surface area contributed by atoms with Crippen LogP contribution in [0.15, 0.2) is 97.1 Å². The van der Waals surface area contributed by atoms with E-state index < -0.39 is 27.4 Å². The summed E-state index contributed by atoms with van der Waals surface area (Å²) in [5.74, 6) is -1.64. The molecule has 4 aliphatic rings. The van der Waals surface area contributed by atoms with E-state index >= 15 is 0 Å². The van der Waals surface area contributed by atoms with Gasteiger partial charge in [0.25, 0.3) is 5.91 Å². The number of unbranched alkanes of at least 4 members (excludes halogenated alkanes) is 2. The molecule has 1 unspecified atom stereocenters. The average molecular weight is 608 g/mol. The molecule has 226 valence electrons. The van der Waals surface area contributed by atoms with Gasteiger partial charge in [0.05, 0.1) is 16.6 Å². The minimum absolute atomic E-state index is 0.0798. The van der Waals surface area contributed by atoms with Crippen molar-refractivity contribution >= 4 is 51.6 Å². The summed E-state index contributed by atoms with van der Waals surface area (Å²) in [5.41, 5.74) is 1.59. The van der Waals surface area contributed by atoms with Crippen LogP contribution < -0.4 is 9.80 Å². The van der Waals surface area contributed by atoms with Crippen molar-refractivity contribution in [3.8, 4) is 0 Å². The first-order chi connectivity index (χ1) is 21.4. The summed E-state index contributed by atoms with van der Waals surface area (Å²) in [7, 11) is 0. The van der Waals surface area contributed by atoms with Gasteiger partial charge < -0.3 is 19.8 Å². The fraction of sp³-hybridized carbons (Fsp3) is 0.361. The van der Waals surface area contributed by atoms with Gasteiger partial charge in [-0.15, -0.1) is 11.8 Å². The van der Waals surface area contributed by atoms with Gasteiger partial charge in [0, 0.05) is 42.4 Å². The van der Waals surface area contributed by atoms with Crippen LogP contribution in [0.1, 0.15) is 26.2 Å². The maximum atomic E-state index is 14.8. The smallest absolute Gasteiger partial charge is 0.251 e. The van der Waals surface area contributed by atoms with Gasteiger partial charge >= 0.3 is 0 Å². The number of rotatable bonds is 7. The summed E-state index contributed by atoms with van der Waals surface area (Å²) in [6.07, 6.45) is 10.3. The molecule has 2 fully saturated rings. The molecular formula is C36H37N3O4S. The van der Waals surface area contributed by atoms with Crippen molar-refractivity contribution in [1.82, 2.24) is 4.90 Å². The predicted molar refractivity (Wildman–Crippen MR) is 176 cm³/mol. The zero-order valence-electron chi connectivity index (χ0n) is 24.8. The summed E-state index contributed by atoms with van der Waals surface area (Å²) in [6, 6.07) is 23.0. The van der Waals surface area contributed by atoms with E-state index in [4.69, 9.17) is 0 Å². The second-order valence-electron chi connectivity index (χ2n) is 12.4. The fourth-order valence-electron chi connectivity index (χ4n) is 7.75. The molecule has 1 N–H and O–H groups in total. The number of amides is 3. The fourth-order valence-corrected chi connectivity index (χ4v) is 9.91. The summed E-state index contributed by atoms with van der Waals surface area (Å²) in [5, 5.41) is 11.5. The molecule has 0 aromatic heterocycles. The van der Waals surface area contributed by atoms with Crippen LogP contribution in [0.25, 0.3) is 10.8 Å². The Labute approximate surface area is 262 Å². The third-order valence-corrected chi connectivity index (χ3v) is 11.5. The minimum Gasteiger partial charge on any atom is -0.396 e. The number of para-hydroxylation sites is 1. The molecule has 0 aliphatic carbocycles. The van der Waals surface area contributed by atoms with E-state index in [1.165, 1.54) is 0 Å². The number of fused-ring (bicyclic) bond motifs is 3. The van der Waals surface area contributed by atoms with E-state index in [9.17, 15) is 19.5 Å². The number of carbonyl (C=O) groups excluding carboxylic acids is 3. The van der Waals surface area contributed by atoms with Crippen molar-refractivity contribution in [2.75, 3.05) is 36.0 Å². The standard InChI is InChI=1S/C36H37N3O4S/c1-35-18-10-21-37(27-14-4-2-5-15-27)32(41)29(35)30-33(42)39(20-8-3-9-23-40)31-34(43)38(22-11-19-36(30,31)44-35)28-17-16-25-12-6-7-13-26(25)24-28/h2,4-7,10-19,24,29-31,40H,3,8-9,20-23H2,1H3/t29-,30-,31?,35+,36-/m0/s1. The molecule has 7 nitrogen and oxygen atoms in total. The van der Waals surface area contributed by atoms with E-state index in [1.54, 1.807) is 26.5 Å². The van der Waals surface area contributed by atoms with Crippen molar-refractivity contribution in [2.24, 2.45) is 11.8 Å². The Hall–Kier alpha value is -3.88. The summed E-state index contributed by atoms with van der Waals surface area (Å²) in [4.78, 5) is 49.3. The quantitative estimate of drug-likeness (QED) is 0.295. The van der Waals surface area contributed by atoms with Crippen LogP contribution in [0.2, 0.25) is 0 Å². The van der Waals surface area contributed by atoms with Crippen molar-refractivity contribution in [1.29, 1.82) is 0 Å². The predicted octanol–water partition coefficient (Wildman–Crippen LogP) is 5.20. The van der Waals surface area contributed by atoms with Gasteiger partial charge in [0.2, 0.25) is 11.8 Å². The number of carbonyl (C=O) groups is 3. The van der Waals surface area contributed by atoms with Gasteiger partial charge in [-0.25, -0.2) is 0 Å². The second-order valence-corrected chi connectivity index (χ2v) is 14.2. The zero-order chi connectivity index (χ0) is 30.5. The lowest BCUT2D eigenvalue weighted by Crippen LogP contribution is -2.53. The molecule has 3 aromatic rings. The van der Waals surface area contributed by atoms with E-state index in [0.29, 0.717) is 32.5 Å². The normalized spacial score (nSPS) is 29.5. The minimum atomic E-state index is -0.893. The largest absolute Gasteiger partial charge is 0.396 e. The molecule has 8 heteroatoms. The highest BCUT2D eigenvalue weighted by Gasteiger charge is 2.73. The Morgan fingerprint density at radius 3 is 2.23 bits per heavy atom. The Bertz CT molecular complexity index is 1670. The summed E-state index contributed by atoms with van der Waals surface area (Å²) >= 11 is 1.61. The number of hydrogen-bond donors (Lipinski definition) is 1. The molecule has 4 aliphatic heterocycles. The maximum Gasteiger partial charge on any atom is 0.251 e. The molecule has 3 amide bonds. The SMILES string of the molecule is C[C@@]12C=CCN(c3ccccc3)C(=O)[C@@H]1[C@H]1C(=O)N(CCCCCO)C3C(=O)N(c4ccc5ccccc5c4)CC=C[C@@]31S2. The van der Waals surface area contributed by atoms with Crippen molar-refractivity contribution in [3.63, 3.8) is 0 Å². The first-order valence-electron chi connectivity index (χ1n) is 15.5. The number of likely N-dealkylation sites (tertiary alicyclic amines) is 1. The van der Waals surface area contributed by atoms with Crippen LogP contribution in [0.4, 0.5) is 11.4 Å². The van der Waals surface area contributed by atoms with Gasteiger partial charge in [-0.3, -0.25) is 14.4 Å². The number of aliphatic hydroxyl groups is 1. The average Bonchev–Trinajstić information content (AvgIpc) is 3.30. The Balaban J connectivity index is 1.31. The number of benzene rings is 3. The molecule has 1 spiro atoms. The molecule has 3 aromatic carbocycles. The van der Waals surface area contributed by atoms with Crippen LogP contribution in [-0.2, 0) is 14.4 Å². The van der Waals surface area contributed by atoms with E-state index in [1.807, 2.05) is 78.9 Å². The molecular weight excluding hydrogens is 570 g/mol. The van der Waals surface area contributed by atoms with E-state index in [2.05, 4.69) is 25.1 Å². The highest BCUT2D eigenvalue weighted by Crippen LogP contribution is 2.65. The van der Waals surface area contributed by atoms with Gasteiger partial charge in [-0.2, -0.15) is 0 Å². The Morgan fingerprint density at radius 1 is 0.750 bits per heavy atom. The monoisotopic (exact) mass is 607 g/mol. The molecule has 0 saturated carbocycles. The van der Waals surface area contributed by atoms with Crippen LogP contribution in [0.5, 0.6) is 0 Å². The summed E-state index contributed by atoms with van der Waals surface area (Å²) in [6.45, 7) is 3.37. The number of thioether (sulfide) groups is 1. The lowest BCUT2D eigenvalue weighted by Gasteiger charge is -2.37. The number of hydrogen-bond acceptors (Lipinski definition) is 5. The third kappa shape index (κ3) is 4.49. The first-order valence-corrected chi connectivity index (χ1v) is 16.3.